The van der Waals surface area contributed by atoms with E-state index in [0.717, 1.165) is 23.4 Å². The number of anilines is 2. The van der Waals surface area contributed by atoms with Gasteiger partial charge in [0.1, 0.15) is 0 Å². The molecular formula is C38H51N. The summed E-state index contributed by atoms with van der Waals surface area (Å²) in [4.78, 5) is 2.42. The molecule has 3 rings (SSSR count). The van der Waals surface area contributed by atoms with E-state index in [1.54, 1.807) is 0 Å². The number of rotatable bonds is 9. The van der Waals surface area contributed by atoms with Gasteiger partial charge < -0.3 is 4.90 Å². The van der Waals surface area contributed by atoms with Crippen LogP contribution in [0.5, 0.6) is 0 Å². The van der Waals surface area contributed by atoms with Crippen molar-refractivity contribution in [2.75, 3.05) is 4.90 Å². The lowest BCUT2D eigenvalue weighted by molar-refractivity contribution is 0.522. The van der Waals surface area contributed by atoms with E-state index in [1.165, 1.54) is 33.5 Å². The normalized spacial score (nSPS) is 16.9. The standard InChI is InChI=1S/C36H45N.C2H6/c1-12-20-33(26(7)14-3)37(27-21-18-17-19-22-27)34-24-32-31(23-28(34)25(6)13-2)35(8,9)29(15-4)30(16-5)36(32,10)11;1-2/h12,14-25H,3-5,13H2,1-2,6-11H3;1-2H3/b20-12-,33-26+;. The minimum Gasteiger partial charge on any atom is -0.310 e. The van der Waals surface area contributed by atoms with Gasteiger partial charge in [0.15, 0.2) is 0 Å². The zero-order valence-electron chi connectivity index (χ0n) is 26.3. The van der Waals surface area contributed by atoms with E-state index in [-0.39, 0.29) is 10.8 Å². The van der Waals surface area contributed by atoms with Crippen molar-refractivity contribution in [3.8, 4) is 0 Å². The minimum atomic E-state index is -0.209. The van der Waals surface area contributed by atoms with Gasteiger partial charge in [-0.05, 0) is 83.9 Å². The van der Waals surface area contributed by atoms with Crippen LogP contribution >= 0.6 is 0 Å². The van der Waals surface area contributed by atoms with Crippen LogP contribution in [0.2, 0.25) is 0 Å². The van der Waals surface area contributed by atoms with E-state index < -0.39 is 0 Å². The Morgan fingerprint density at radius 3 is 1.85 bits per heavy atom. The Bertz CT molecular complexity index is 1280. The second-order valence-corrected chi connectivity index (χ2v) is 11.2. The summed E-state index contributed by atoms with van der Waals surface area (Å²) < 4.78 is 0. The average Bonchev–Trinajstić information content (AvgIpc) is 2.95. The quantitative estimate of drug-likeness (QED) is 0.297. The Labute approximate surface area is 240 Å². The molecule has 0 N–H and O–H groups in total. The van der Waals surface area contributed by atoms with Crippen LogP contribution in [0.4, 0.5) is 11.4 Å². The van der Waals surface area contributed by atoms with Crippen molar-refractivity contribution in [3.63, 3.8) is 0 Å². The van der Waals surface area contributed by atoms with Gasteiger partial charge in [0.25, 0.3) is 0 Å². The molecule has 0 fully saturated rings. The molecule has 0 spiro atoms. The highest BCUT2D eigenvalue weighted by Crippen LogP contribution is 2.53. The maximum atomic E-state index is 4.22. The number of hydrogen-bond acceptors (Lipinski definition) is 1. The molecule has 0 saturated heterocycles. The van der Waals surface area contributed by atoms with Gasteiger partial charge in [0.05, 0.1) is 0 Å². The number of para-hydroxylation sites is 1. The lowest BCUT2D eigenvalue weighted by Crippen LogP contribution is -2.37. The van der Waals surface area contributed by atoms with Crippen LogP contribution in [0, 0.1) is 0 Å². The van der Waals surface area contributed by atoms with Crippen LogP contribution in [0.1, 0.15) is 98.3 Å². The molecule has 0 aliphatic heterocycles. The zero-order chi connectivity index (χ0) is 29.5. The summed E-state index contributed by atoms with van der Waals surface area (Å²) in [5, 5.41) is 0. The third-order valence-corrected chi connectivity index (χ3v) is 8.23. The molecule has 0 amide bonds. The second kappa shape index (κ2) is 13.2. The van der Waals surface area contributed by atoms with Crippen LogP contribution in [-0.2, 0) is 10.8 Å². The van der Waals surface area contributed by atoms with Crippen molar-refractivity contribution in [2.45, 2.75) is 92.4 Å². The van der Waals surface area contributed by atoms with Crippen molar-refractivity contribution < 1.29 is 0 Å². The summed E-state index contributed by atoms with van der Waals surface area (Å²) >= 11 is 0. The highest BCUT2D eigenvalue weighted by molar-refractivity contribution is 5.77. The molecular weight excluding hydrogens is 470 g/mol. The van der Waals surface area contributed by atoms with Crippen LogP contribution in [0.3, 0.4) is 0 Å². The maximum absolute atomic E-state index is 4.22. The molecule has 208 valence electrons. The first-order chi connectivity index (χ1) is 18.5. The summed E-state index contributed by atoms with van der Waals surface area (Å²) in [6.45, 7) is 34.7. The predicted octanol–water partition coefficient (Wildman–Crippen LogP) is 11.6. The van der Waals surface area contributed by atoms with Gasteiger partial charge in [-0.15, -0.1) is 0 Å². The van der Waals surface area contributed by atoms with Gasteiger partial charge in [-0.1, -0.05) is 124 Å². The number of hydrogen-bond donors (Lipinski definition) is 0. The van der Waals surface area contributed by atoms with Gasteiger partial charge in [0.2, 0.25) is 0 Å². The van der Waals surface area contributed by atoms with Gasteiger partial charge in [-0.2, -0.15) is 0 Å². The molecule has 0 radical (unpaired) electrons. The fourth-order valence-corrected chi connectivity index (χ4v) is 5.77. The topological polar surface area (TPSA) is 3.24 Å². The molecule has 1 atom stereocenters. The Morgan fingerprint density at radius 1 is 0.897 bits per heavy atom. The molecule has 1 aliphatic carbocycles. The first kappa shape index (κ1) is 31.9. The zero-order valence-corrected chi connectivity index (χ0v) is 26.3. The van der Waals surface area contributed by atoms with Gasteiger partial charge in [-0.25, -0.2) is 0 Å². The predicted molar refractivity (Wildman–Crippen MR) is 176 cm³/mol. The molecule has 1 nitrogen and oxygen atoms in total. The Hall–Kier alpha value is -3.32. The molecule has 0 saturated carbocycles. The Kier molecular flexibility index (Phi) is 10.8. The Morgan fingerprint density at radius 2 is 1.41 bits per heavy atom. The largest absolute Gasteiger partial charge is 0.310 e. The van der Waals surface area contributed by atoms with Gasteiger partial charge in [0, 0.05) is 27.9 Å². The molecule has 39 heavy (non-hydrogen) atoms. The van der Waals surface area contributed by atoms with Crippen molar-refractivity contribution >= 4 is 11.4 Å². The number of allylic oxidation sites excluding steroid dienone is 8. The van der Waals surface area contributed by atoms with E-state index >= 15 is 0 Å². The Balaban J connectivity index is 0.00000260. The average molecular weight is 522 g/mol. The summed E-state index contributed by atoms with van der Waals surface area (Å²) in [6, 6.07) is 15.6. The van der Waals surface area contributed by atoms with Gasteiger partial charge in [-0.3, -0.25) is 0 Å². The molecule has 0 heterocycles. The van der Waals surface area contributed by atoms with Crippen LogP contribution in [0.25, 0.3) is 0 Å². The van der Waals surface area contributed by atoms with E-state index in [1.807, 2.05) is 32.1 Å². The van der Waals surface area contributed by atoms with Crippen LogP contribution < -0.4 is 4.90 Å². The smallest absolute Gasteiger partial charge is 0.0499 e. The number of benzene rings is 2. The highest BCUT2D eigenvalue weighted by atomic mass is 15.2. The van der Waals surface area contributed by atoms with Crippen LogP contribution in [-0.4, -0.2) is 0 Å². The first-order valence-corrected chi connectivity index (χ1v) is 14.5. The minimum absolute atomic E-state index is 0.173. The second-order valence-electron chi connectivity index (χ2n) is 11.2. The summed E-state index contributed by atoms with van der Waals surface area (Å²) in [6.07, 6.45) is 11.4. The molecule has 1 aliphatic rings. The third kappa shape index (κ3) is 5.83. The summed E-state index contributed by atoms with van der Waals surface area (Å²) in [7, 11) is 0. The maximum Gasteiger partial charge on any atom is 0.0499 e. The molecule has 2 aromatic rings. The number of nitrogens with zero attached hydrogens (tertiary/aromatic N) is 1. The molecule has 2 aromatic carbocycles. The fraction of sp³-hybridized carbons (Fsp3) is 0.368. The highest BCUT2D eigenvalue weighted by Gasteiger charge is 2.42. The molecule has 0 bridgehead atoms. The first-order valence-electron chi connectivity index (χ1n) is 14.5. The third-order valence-electron chi connectivity index (χ3n) is 8.23. The monoisotopic (exact) mass is 521 g/mol. The summed E-state index contributed by atoms with van der Waals surface area (Å²) in [5.41, 5.74) is 10.8. The molecule has 0 aromatic heterocycles. The van der Waals surface area contributed by atoms with Crippen molar-refractivity contribution in [1.82, 2.24) is 0 Å². The lowest BCUT2D eigenvalue weighted by atomic mass is 9.59. The number of fused-ring (bicyclic) bond motifs is 1. The van der Waals surface area contributed by atoms with Crippen LogP contribution in [0.15, 0.2) is 115 Å². The molecule has 1 unspecified atom stereocenters. The van der Waals surface area contributed by atoms with Crippen molar-refractivity contribution in [1.29, 1.82) is 0 Å². The molecule has 1 heteroatoms. The van der Waals surface area contributed by atoms with Gasteiger partial charge >= 0.3 is 0 Å². The fourth-order valence-electron chi connectivity index (χ4n) is 5.77. The van der Waals surface area contributed by atoms with E-state index in [0.29, 0.717) is 5.92 Å². The van der Waals surface area contributed by atoms with E-state index in [2.05, 4.69) is 135 Å². The van der Waals surface area contributed by atoms with Crippen molar-refractivity contribution in [2.24, 2.45) is 0 Å². The van der Waals surface area contributed by atoms with E-state index in [9.17, 15) is 0 Å². The summed E-state index contributed by atoms with van der Waals surface area (Å²) in [5.74, 6) is 0.387. The van der Waals surface area contributed by atoms with Crippen molar-refractivity contribution in [3.05, 3.63) is 132 Å². The SMILES string of the molecule is C=CC1=C(C=C)C(C)(C)c2cc(N(C(/C=C\C)=C(\C)C=C)c3ccccc3)c(C(C)CC)cc2C1(C)C.CC. The lowest BCUT2D eigenvalue weighted by Gasteiger charge is -2.45. The van der Waals surface area contributed by atoms with E-state index in [4.69, 9.17) is 0 Å².